The Morgan fingerprint density at radius 2 is 2.00 bits per heavy atom. The first-order chi connectivity index (χ1) is 15.0. The normalized spacial score (nSPS) is 14.5. The average molecular weight is 462 g/mol. The van der Waals surface area contributed by atoms with Crippen molar-refractivity contribution in [3.63, 3.8) is 0 Å². The molecule has 1 aliphatic heterocycles. The summed E-state index contributed by atoms with van der Waals surface area (Å²) in [5.41, 5.74) is 5.32. The van der Waals surface area contributed by atoms with Crippen LogP contribution in [0.1, 0.15) is 16.7 Å². The van der Waals surface area contributed by atoms with Crippen molar-refractivity contribution < 1.29 is 14.3 Å². The standard InChI is InChI=1S/C23H25Cl2N3O3/c1-2-3-19-12-17(14-26-27-23(29)15-28-8-10-30-11-9-28)5-7-22(19)31-16-18-4-6-20(24)21(25)13-18/h2,4-7,12-14H,1,3,8-11,15-16H2,(H,27,29)/b26-14+. The highest BCUT2D eigenvalue weighted by Gasteiger charge is 2.13. The lowest BCUT2D eigenvalue weighted by Gasteiger charge is -2.25. The van der Waals surface area contributed by atoms with Gasteiger partial charge in [-0.2, -0.15) is 5.10 Å². The maximum absolute atomic E-state index is 12.0. The molecule has 8 heteroatoms. The molecule has 0 atom stereocenters. The van der Waals surface area contributed by atoms with E-state index in [1.807, 2.05) is 35.2 Å². The molecule has 2 aromatic rings. The summed E-state index contributed by atoms with van der Waals surface area (Å²) in [6.45, 7) is 7.31. The molecule has 0 unspecified atom stereocenters. The van der Waals surface area contributed by atoms with Crippen LogP contribution in [0.25, 0.3) is 0 Å². The van der Waals surface area contributed by atoms with Crippen LogP contribution in [0.2, 0.25) is 10.0 Å². The van der Waals surface area contributed by atoms with Crippen LogP contribution in [0.3, 0.4) is 0 Å². The van der Waals surface area contributed by atoms with E-state index in [9.17, 15) is 4.79 Å². The second kappa shape index (κ2) is 11.9. The number of halogens is 2. The van der Waals surface area contributed by atoms with Crippen LogP contribution in [-0.2, 0) is 22.6 Å². The summed E-state index contributed by atoms with van der Waals surface area (Å²) in [5.74, 6) is 0.602. The molecule has 1 saturated heterocycles. The van der Waals surface area contributed by atoms with Gasteiger partial charge in [0.1, 0.15) is 12.4 Å². The van der Waals surface area contributed by atoms with Crippen molar-refractivity contribution in [3.05, 3.63) is 75.8 Å². The molecular formula is C23H25Cl2N3O3. The van der Waals surface area contributed by atoms with Crippen LogP contribution in [0, 0.1) is 0 Å². The molecule has 0 saturated carbocycles. The molecule has 3 rings (SSSR count). The van der Waals surface area contributed by atoms with Crippen LogP contribution in [0.15, 0.2) is 54.2 Å². The zero-order valence-electron chi connectivity index (χ0n) is 17.2. The minimum Gasteiger partial charge on any atom is -0.489 e. The number of hydrazone groups is 1. The first kappa shape index (κ1) is 23.3. The molecule has 1 N–H and O–H groups in total. The molecule has 0 aromatic heterocycles. The molecule has 164 valence electrons. The maximum atomic E-state index is 12.0. The Balaban J connectivity index is 1.58. The number of rotatable bonds is 9. The second-order valence-electron chi connectivity index (χ2n) is 7.08. The van der Waals surface area contributed by atoms with Gasteiger partial charge < -0.3 is 9.47 Å². The summed E-state index contributed by atoms with van der Waals surface area (Å²) >= 11 is 12.0. The van der Waals surface area contributed by atoms with Crippen molar-refractivity contribution >= 4 is 35.3 Å². The number of nitrogens with zero attached hydrogens (tertiary/aromatic N) is 2. The van der Waals surface area contributed by atoms with E-state index in [-0.39, 0.29) is 5.91 Å². The van der Waals surface area contributed by atoms with E-state index < -0.39 is 0 Å². The number of allylic oxidation sites excluding steroid dienone is 1. The Labute approximate surface area is 192 Å². The Hall–Kier alpha value is -2.38. The molecule has 6 nitrogen and oxygen atoms in total. The number of benzene rings is 2. The smallest absolute Gasteiger partial charge is 0.254 e. The van der Waals surface area contributed by atoms with Gasteiger partial charge in [0.2, 0.25) is 0 Å². The fourth-order valence-corrected chi connectivity index (χ4v) is 3.42. The zero-order valence-corrected chi connectivity index (χ0v) is 18.7. The number of carbonyl (C=O) groups is 1. The van der Waals surface area contributed by atoms with Gasteiger partial charge in [-0.3, -0.25) is 9.69 Å². The van der Waals surface area contributed by atoms with E-state index in [4.69, 9.17) is 32.7 Å². The molecule has 0 bridgehead atoms. The topological polar surface area (TPSA) is 63.2 Å². The lowest BCUT2D eigenvalue weighted by atomic mass is 10.1. The Morgan fingerprint density at radius 3 is 2.74 bits per heavy atom. The highest BCUT2D eigenvalue weighted by molar-refractivity contribution is 6.42. The van der Waals surface area contributed by atoms with Gasteiger partial charge in [-0.15, -0.1) is 6.58 Å². The molecule has 1 fully saturated rings. The average Bonchev–Trinajstić information content (AvgIpc) is 2.76. The number of ether oxygens (including phenoxy) is 2. The van der Waals surface area contributed by atoms with Crippen molar-refractivity contribution in [2.75, 3.05) is 32.8 Å². The molecule has 1 aliphatic rings. The van der Waals surface area contributed by atoms with E-state index in [0.29, 0.717) is 42.8 Å². The number of nitrogens with one attached hydrogen (secondary N) is 1. The minimum absolute atomic E-state index is 0.147. The molecule has 1 heterocycles. The second-order valence-corrected chi connectivity index (χ2v) is 7.89. The van der Waals surface area contributed by atoms with E-state index in [0.717, 1.165) is 35.5 Å². The SMILES string of the molecule is C=CCc1cc(/C=N/NC(=O)CN2CCOCC2)ccc1OCc1ccc(Cl)c(Cl)c1. The van der Waals surface area contributed by atoms with Gasteiger partial charge >= 0.3 is 0 Å². The third kappa shape index (κ3) is 7.36. The van der Waals surface area contributed by atoms with Gasteiger partial charge in [-0.1, -0.05) is 35.3 Å². The van der Waals surface area contributed by atoms with Gasteiger partial charge in [-0.25, -0.2) is 5.43 Å². The molecule has 0 radical (unpaired) electrons. The number of hydrogen-bond donors (Lipinski definition) is 1. The largest absolute Gasteiger partial charge is 0.489 e. The first-order valence-corrected chi connectivity index (χ1v) is 10.7. The quantitative estimate of drug-likeness (QED) is 0.347. The minimum atomic E-state index is -0.147. The molecular weight excluding hydrogens is 437 g/mol. The highest BCUT2D eigenvalue weighted by Crippen LogP contribution is 2.25. The highest BCUT2D eigenvalue weighted by atomic mass is 35.5. The lowest BCUT2D eigenvalue weighted by molar-refractivity contribution is -0.123. The zero-order chi connectivity index (χ0) is 22.1. The third-order valence-electron chi connectivity index (χ3n) is 4.70. The summed E-state index contributed by atoms with van der Waals surface area (Å²) in [6.07, 6.45) is 4.07. The summed E-state index contributed by atoms with van der Waals surface area (Å²) in [7, 11) is 0. The van der Waals surface area contributed by atoms with E-state index in [1.165, 1.54) is 0 Å². The molecule has 1 amide bonds. The number of carbonyl (C=O) groups excluding carboxylic acids is 1. The number of hydrogen-bond acceptors (Lipinski definition) is 5. The van der Waals surface area contributed by atoms with Crippen LogP contribution < -0.4 is 10.2 Å². The molecule has 2 aromatic carbocycles. The number of amides is 1. The van der Waals surface area contributed by atoms with Gasteiger partial charge in [0.25, 0.3) is 5.91 Å². The van der Waals surface area contributed by atoms with Crippen molar-refractivity contribution in [1.29, 1.82) is 0 Å². The van der Waals surface area contributed by atoms with Crippen LogP contribution >= 0.6 is 23.2 Å². The monoisotopic (exact) mass is 461 g/mol. The van der Waals surface area contributed by atoms with Crippen LogP contribution in [-0.4, -0.2) is 49.9 Å². The molecule has 0 spiro atoms. The maximum Gasteiger partial charge on any atom is 0.254 e. The predicted molar refractivity (Wildman–Crippen MR) is 124 cm³/mol. The number of morpholine rings is 1. The van der Waals surface area contributed by atoms with E-state index in [1.54, 1.807) is 18.3 Å². The Kier molecular flexibility index (Phi) is 8.91. The van der Waals surface area contributed by atoms with Gasteiger partial charge in [-0.05, 0) is 53.4 Å². The van der Waals surface area contributed by atoms with E-state index in [2.05, 4.69) is 17.1 Å². The third-order valence-corrected chi connectivity index (χ3v) is 5.44. The molecule has 0 aliphatic carbocycles. The van der Waals surface area contributed by atoms with Crippen molar-refractivity contribution in [3.8, 4) is 5.75 Å². The summed E-state index contributed by atoms with van der Waals surface area (Å²) in [4.78, 5) is 14.1. The molecule has 31 heavy (non-hydrogen) atoms. The Morgan fingerprint density at radius 1 is 1.19 bits per heavy atom. The lowest BCUT2D eigenvalue weighted by Crippen LogP contribution is -2.42. The van der Waals surface area contributed by atoms with Crippen LogP contribution in [0.5, 0.6) is 5.75 Å². The summed E-state index contributed by atoms with van der Waals surface area (Å²) < 4.78 is 11.3. The summed E-state index contributed by atoms with van der Waals surface area (Å²) in [5, 5.41) is 5.08. The fourth-order valence-electron chi connectivity index (χ4n) is 3.10. The van der Waals surface area contributed by atoms with Crippen molar-refractivity contribution in [1.82, 2.24) is 10.3 Å². The Bertz CT molecular complexity index is 944. The van der Waals surface area contributed by atoms with Gasteiger partial charge in [0.15, 0.2) is 0 Å². The van der Waals surface area contributed by atoms with Crippen LogP contribution in [0.4, 0.5) is 0 Å². The van der Waals surface area contributed by atoms with E-state index >= 15 is 0 Å². The van der Waals surface area contributed by atoms with Crippen molar-refractivity contribution in [2.24, 2.45) is 5.10 Å². The predicted octanol–water partition coefficient (Wildman–Crippen LogP) is 4.08. The first-order valence-electron chi connectivity index (χ1n) is 9.97. The van der Waals surface area contributed by atoms with Crippen molar-refractivity contribution in [2.45, 2.75) is 13.0 Å². The summed E-state index contributed by atoms with van der Waals surface area (Å²) in [6, 6.07) is 11.1. The van der Waals surface area contributed by atoms with Gasteiger partial charge in [0, 0.05) is 13.1 Å². The fraction of sp³-hybridized carbons (Fsp3) is 0.304. The van der Waals surface area contributed by atoms with Gasteiger partial charge in [0.05, 0.1) is 36.0 Å².